The van der Waals surface area contributed by atoms with Gasteiger partial charge in [-0.3, -0.25) is 0 Å². The summed E-state index contributed by atoms with van der Waals surface area (Å²) in [6.45, 7) is 3.88. The molecule has 0 amide bonds. The molecule has 19 heavy (non-hydrogen) atoms. The number of rotatable bonds is 4. The van der Waals surface area contributed by atoms with Crippen LogP contribution in [0.25, 0.3) is 0 Å². The van der Waals surface area contributed by atoms with Gasteiger partial charge >= 0.3 is 0 Å². The standard InChI is InChI=1S/C11H12F3N5/c1-6(2)19-11(16-17-18-19)5-15-10-4-8(13)7(12)3-9(10)14/h3-4,6,15H,5H2,1-2H3. The predicted molar refractivity (Wildman–Crippen MR) is 61.8 cm³/mol. The van der Waals surface area contributed by atoms with Gasteiger partial charge in [-0.15, -0.1) is 5.10 Å². The van der Waals surface area contributed by atoms with Crippen molar-refractivity contribution in [2.75, 3.05) is 5.32 Å². The summed E-state index contributed by atoms with van der Waals surface area (Å²) < 4.78 is 40.7. The van der Waals surface area contributed by atoms with Gasteiger partial charge in [-0.25, -0.2) is 17.9 Å². The van der Waals surface area contributed by atoms with E-state index >= 15 is 0 Å². The fourth-order valence-corrected chi connectivity index (χ4v) is 1.56. The first-order valence-corrected chi connectivity index (χ1v) is 5.64. The molecule has 0 bridgehead atoms. The Morgan fingerprint density at radius 2 is 1.84 bits per heavy atom. The van der Waals surface area contributed by atoms with Crippen molar-refractivity contribution in [1.82, 2.24) is 20.2 Å². The number of halogens is 3. The number of nitrogens with one attached hydrogen (secondary N) is 1. The maximum Gasteiger partial charge on any atom is 0.170 e. The van der Waals surface area contributed by atoms with Gasteiger partial charge in [0.2, 0.25) is 0 Å². The zero-order valence-electron chi connectivity index (χ0n) is 10.4. The van der Waals surface area contributed by atoms with Crippen molar-refractivity contribution < 1.29 is 13.2 Å². The summed E-state index contributed by atoms with van der Waals surface area (Å²) in [6, 6.07) is 1.29. The fourth-order valence-electron chi connectivity index (χ4n) is 1.56. The molecule has 2 aromatic rings. The first-order chi connectivity index (χ1) is 8.99. The molecule has 0 aliphatic rings. The molecule has 1 heterocycles. The van der Waals surface area contributed by atoms with Crippen LogP contribution < -0.4 is 5.32 Å². The summed E-state index contributed by atoms with van der Waals surface area (Å²) in [4.78, 5) is 0. The predicted octanol–water partition coefficient (Wildman–Crippen LogP) is 2.28. The minimum absolute atomic E-state index is 0.0431. The highest BCUT2D eigenvalue weighted by molar-refractivity contribution is 5.45. The van der Waals surface area contributed by atoms with Crippen molar-refractivity contribution in [3.63, 3.8) is 0 Å². The van der Waals surface area contributed by atoms with Crippen molar-refractivity contribution >= 4 is 5.69 Å². The zero-order chi connectivity index (χ0) is 14.0. The van der Waals surface area contributed by atoms with Gasteiger partial charge < -0.3 is 5.32 Å². The Hall–Kier alpha value is -2.12. The number of hydrogen-bond donors (Lipinski definition) is 1. The lowest BCUT2D eigenvalue weighted by molar-refractivity contribution is 0.492. The van der Waals surface area contributed by atoms with Gasteiger partial charge in [0.25, 0.3) is 0 Å². The Kier molecular flexibility index (Phi) is 3.68. The Bertz CT molecular complexity index is 582. The van der Waals surface area contributed by atoms with Crippen LogP contribution in [0.1, 0.15) is 25.7 Å². The number of anilines is 1. The average molecular weight is 271 g/mol. The highest BCUT2D eigenvalue weighted by atomic mass is 19.2. The first kappa shape index (κ1) is 13.3. The Morgan fingerprint density at radius 3 is 2.53 bits per heavy atom. The number of aromatic nitrogens is 4. The molecule has 0 aliphatic carbocycles. The lowest BCUT2D eigenvalue weighted by Gasteiger charge is -2.10. The summed E-state index contributed by atoms with van der Waals surface area (Å²) in [6.07, 6.45) is 0. The Balaban J connectivity index is 2.15. The largest absolute Gasteiger partial charge is 0.375 e. The van der Waals surface area contributed by atoms with E-state index in [1.165, 1.54) is 0 Å². The third-order valence-electron chi connectivity index (χ3n) is 2.50. The van der Waals surface area contributed by atoms with E-state index < -0.39 is 17.5 Å². The molecule has 102 valence electrons. The molecule has 0 spiro atoms. The van der Waals surface area contributed by atoms with E-state index in [9.17, 15) is 13.2 Å². The monoisotopic (exact) mass is 271 g/mol. The van der Waals surface area contributed by atoms with Crippen LogP contribution in [0, 0.1) is 17.5 Å². The minimum atomic E-state index is -1.23. The first-order valence-electron chi connectivity index (χ1n) is 5.64. The van der Waals surface area contributed by atoms with Crippen LogP contribution >= 0.6 is 0 Å². The molecular weight excluding hydrogens is 259 g/mol. The molecule has 0 atom stereocenters. The normalized spacial score (nSPS) is 11.1. The molecule has 0 aliphatic heterocycles. The van der Waals surface area contributed by atoms with Crippen molar-refractivity contribution in [3.8, 4) is 0 Å². The second kappa shape index (κ2) is 5.25. The summed E-state index contributed by atoms with van der Waals surface area (Å²) in [5.74, 6) is -2.75. The van der Waals surface area contributed by atoms with Gasteiger partial charge in [-0.05, 0) is 24.3 Å². The molecule has 0 saturated carbocycles. The second-order valence-corrected chi connectivity index (χ2v) is 4.23. The van der Waals surface area contributed by atoms with E-state index in [4.69, 9.17) is 0 Å². The topological polar surface area (TPSA) is 55.6 Å². The van der Waals surface area contributed by atoms with Crippen molar-refractivity contribution in [2.45, 2.75) is 26.4 Å². The zero-order valence-corrected chi connectivity index (χ0v) is 10.4. The molecule has 5 nitrogen and oxygen atoms in total. The van der Waals surface area contributed by atoms with E-state index in [-0.39, 0.29) is 18.3 Å². The minimum Gasteiger partial charge on any atom is -0.375 e. The third kappa shape index (κ3) is 2.83. The summed E-state index contributed by atoms with van der Waals surface area (Å²) in [7, 11) is 0. The number of hydrogen-bond acceptors (Lipinski definition) is 4. The van der Waals surface area contributed by atoms with E-state index in [0.717, 1.165) is 6.07 Å². The number of benzene rings is 1. The molecule has 0 fully saturated rings. The van der Waals surface area contributed by atoms with Crippen molar-refractivity contribution in [1.29, 1.82) is 0 Å². The lowest BCUT2D eigenvalue weighted by atomic mass is 10.3. The van der Waals surface area contributed by atoms with Crippen LogP contribution in [0.2, 0.25) is 0 Å². The van der Waals surface area contributed by atoms with Gasteiger partial charge in [0, 0.05) is 12.1 Å². The molecule has 0 unspecified atom stereocenters. The van der Waals surface area contributed by atoms with Gasteiger partial charge in [-0.1, -0.05) is 0 Å². The van der Waals surface area contributed by atoms with Crippen LogP contribution in [0.15, 0.2) is 12.1 Å². The summed E-state index contributed by atoms with van der Waals surface area (Å²) in [5.41, 5.74) is -0.141. The second-order valence-electron chi connectivity index (χ2n) is 4.23. The van der Waals surface area contributed by atoms with Gasteiger partial charge in [-0.2, -0.15) is 0 Å². The fraction of sp³-hybridized carbons (Fsp3) is 0.364. The SMILES string of the molecule is CC(C)n1nnnc1CNc1cc(F)c(F)cc1F. The van der Waals surface area contributed by atoms with Crippen LogP contribution in [0.4, 0.5) is 18.9 Å². The van der Waals surface area contributed by atoms with Crippen LogP contribution in [-0.2, 0) is 6.54 Å². The molecule has 0 saturated heterocycles. The summed E-state index contributed by atoms with van der Waals surface area (Å²) in [5, 5.41) is 13.7. The van der Waals surface area contributed by atoms with Gasteiger partial charge in [0.15, 0.2) is 17.5 Å². The molecular formula is C11H12F3N5. The van der Waals surface area contributed by atoms with Crippen molar-refractivity contribution in [2.24, 2.45) is 0 Å². The summed E-state index contributed by atoms with van der Waals surface area (Å²) >= 11 is 0. The van der Waals surface area contributed by atoms with Crippen LogP contribution in [0.3, 0.4) is 0 Å². The van der Waals surface area contributed by atoms with E-state index in [1.807, 2.05) is 13.8 Å². The third-order valence-corrected chi connectivity index (χ3v) is 2.50. The number of tetrazole rings is 1. The van der Waals surface area contributed by atoms with Gasteiger partial charge in [0.1, 0.15) is 5.82 Å². The highest BCUT2D eigenvalue weighted by Gasteiger charge is 2.12. The van der Waals surface area contributed by atoms with E-state index in [1.54, 1.807) is 4.68 Å². The quantitative estimate of drug-likeness (QED) is 0.867. The lowest BCUT2D eigenvalue weighted by Crippen LogP contribution is -2.12. The molecule has 8 heteroatoms. The Labute approximate surface area is 107 Å². The molecule has 1 aromatic carbocycles. The molecule has 2 rings (SSSR count). The maximum atomic E-state index is 13.4. The van der Waals surface area contributed by atoms with Gasteiger partial charge in [0.05, 0.1) is 18.3 Å². The molecule has 1 aromatic heterocycles. The van der Waals surface area contributed by atoms with Crippen LogP contribution in [0.5, 0.6) is 0 Å². The number of nitrogens with zero attached hydrogens (tertiary/aromatic N) is 4. The smallest absolute Gasteiger partial charge is 0.170 e. The van der Waals surface area contributed by atoms with Crippen molar-refractivity contribution in [3.05, 3.63) is 35.4 Å². The molecule has 0 radical (unpaired) electrons. The average Bonchev–Trinajstić information content (AvgIpc) is 2.80. The Morgan fingerprint density at radius 1 is 1.16 bits per heavy atom. The van der Waals surface area contributed by atoms with E-state index in [2.05, 4.69) is 20.8 Å². The van der Waals surface area contributed by atoms with E-state index in [0.29, 0.717) is 11.9 Å². The maximum absolute atomic E-state index is 13.4. The van der Waals surface area contributed by atoms with Crippen LogP contribution in [-0.4, -0.2) is 20.2 Å². The highest BCUT2D eigenvalue weighted by Crippen LogP contribution is 2.19. The molecule has 1 N–H and O–H groups in total.